The number of rotatable bonds is 6. The van der Waals surface area contributed by atoms with Crippen molar-refractivity contribution < 1.29 is 23.8 Å². The smallest absolute Gasteiger partial charge is 0.348 e. The molecular formula is C15H13Cl2NO5S. The van der Waals surface area contributed by atoms with E-state index in [0.717, 1.165) is 11.3 Å². The molecule has 0 unspecified atom stereocenters. The third-order valence-corrected chi connectivity index (χ3v) is 4.36. The molecule has 24 heavy (non-hydrogen) atoms. The van der Waals surface area contributed by atoms with E-state index in [0.29, 0.717) is 31.4 Å². The van der Waals surface area contributed by atoms with Crippen molar-refractivity contribution in [2.45, 2.75) is 0 Å². The number of hydrogen-bond acceptors (Lipinski definition) is 6. The minimum atomic E-state index is -0.623. The van der Waals surface area contributed by atoms with Gasteiger partial charge in [-0.3, -0.25) is 4.79 Å². The van der Waals surface area contributed by atoms with Gasteiger partial charge in [0.25, 0.3) is 5.91 Å². The fourth-order valence-corrected chi connectivity index (χ4v) is 2.95. The largest absolute Gasteiger partial charge is 0.495 e. The minimum absolute atomic E-state index is 0.304. The van der Waals surface area contributed by atoms with Crippen molar-refractivity contribution in [2.75, 3.05) is 26.1 Å². The number of ether oxygens (including phenoxy) is 3. The summed E-state index contributed by atoms with van der Waals surface area (Å²) in [7, 11) is 2.91. The molecular weight excluding hydrogens is 377 g/mol. The number of halogens is 2. The second-order valence-corrected chi connectivity index (χ2v) is 6.54. The van der Waals surface area contributed by atoms with Crippen LogP contribution >= 0.6 is 34.5 Å². The highest BCUT2D eigenvalue weighted by molar-refractivity contribution is 7.17. The maximum absolute atomic E-state index is 11.9. The highest BCUT2D eigenvalue weighted by Crippen LogP contribution is 2.35. The van der Waals surface area contributed by atoms with Gasteiger partial charge in [-0.2, -0.15) is 0 Å². The monoisotopic (exact) mass is 389 g/mol. The average molecular weight is 390 g/mol. The van der Waals surface area contributed by atoms with E-state index in [-0.39, 0.29) is 0 Å². The van der Waals surface area contributed by atoms with Gasteiger partial charge in [0.2, 0.25) is 0 Å². The number of nitrogens with one attached hydrogen (secondary N) is 1. The summed E-state index contributed by atoms with van der Waals surface area (Å²) in [5, 5.41) is 2.87. The molecule has 0 aliphatic carbocycles. The fourth-order valence-electron chi connectivity index (χ4n) is 1.77. The van der Waals surface area contributed by atoms with Crippen LogP contribution in [0, 0.1) is 0 Å². The maximum atomic E-state index is 11.9. The number of thiophene rings is 1. The number of methoxy groups -OCH3 is 2. The summed E-state index contributed by atoms with van der Waals surface area (Å²) in [4.78, 5) is 24.0. The van der Waals surface area contributed by atoms with Gasteiger partial charge in [-0.05, 0) is 18.2 Å². The van der Waals surface area contributed by atoms with Gasteiger partial charge in [0.15, 0.2) is 6.61 Å². The lowest BCUT2D eigenvalue weighted by Crippen LogP contribution is -2.21. The second-order valence-electron chi connectivity index (χ2n) is 4.42. The molecule has 0 fully saturated rings. The van der Waals surface area contributed by atoms with Crippen LogP contribution < -0.4 is 14.8 Å². The van der Waals surface area contributed by atoms with Crippen molar-refractivity contribution in [1.82, 2.24) is 0 Å². The molecule has 1 heterocycles. The quantitative estimate of drug-likeness (QED) is 0.759. The first-order valence-corrected chi connectivity index (χ1v) is 8.15. The molecule has 6 nitrogen and oxygen atoms in total. The summed E-state index contributed by atoms with van der Waals surface area (Å²) < 4.78 is 15.6. The first kappa shape index (κ1) is 18.4. The Morgan fingerprint density at radius 3 is 2.42 bits per heavy atom. The van der Waals surface area contributed by atoms with E-state index in [4.69, 9.17) is 37.4 Å². The van der Waals surface area contributed by atoms with Crippen molar-refractivity contribution in [3.8, 4) is 11.5 Å². The molecule has 0 spiro atoms. The fraction of sp³-hybridized carbons (Fsp3) is 0.200. The summed E-state index contributed by atoms with van der Waals surface area (Å²) >= 11 is 12.8. The molecule has 1 aromatic heterocycles. The number of anilines is 1. The van der Waals surface area contributed by atoms with Crippen LogP contribution in [0.3, 0.4) is 0 Å². The van der Waals surface area contributed by atoms with Crippen LogP contribution in [0.2, 0.25) is 9.36 Å². The van der Waals surface area contributed by atoms with Crippen LogP contribution in [0.1, 0.15) is 9.67 Å². The Hall–Kier alpha value is -1.96. The van der Waals surface area contributed by atoms with E-state index in [2.05, 4.69) is 5.32 Å². The lowest BCUT2D eigenvalue weighted by atomic mass is 10.2. The first-order chi connectivity index (χ1) is 11.4. The van der Waals surface area contributed by atoms with Gasteiger partial charge in [-0.15, -0.1) is 11.3 Å². The molecule has 0 aliphatic heterocycles. The topological polar surface area (TPSA) is 73.9 Å². The van der Waals surface area contributed by atoms with Crippen LogP contribution in [0.4, 0.5) is 5.69 Å². The molecule has 0 radical (unpaired) electrons. The lowest BCUT2D eigenvalue weighted by Gasteiger charge is -2.13. The Balaban J connectivity index is 1.99. The third kappa shape index (κ3) is 4.53. The van der Waals surface area contributed by atoms with Gasteiger partial charge in [0.05, 0.1) is 29.3 Å². The Bertz CT molecular complexity index is 762. The van der Waals surface area contributed by atoms with Gasteiger partial charge in [-0.25, -0.2) is 4.79 Å². The predicted octanol–water partition coefficient (Wildman–Crippen LogP) is 3.87. The molecule has 2 aromatic rings. The van der Waals surface area contributed by atoms with Gasteiger partial charge in [0.1, 0.15) is 16.4 Å². The summed E-state index contributed by atoms with van der Waals surface area (Å²) in [6.07, 6.45) is 0. The Morgan fingerprint density at radius 2 is 1.83 bits per heavy atom. The summed E-state index contributed by atoms with van der Waals surface area (Å²) in [6.45, 7) is -0.457. The molecule has 0 saturated heterocycles. The Morgan fingerprint density at radius 1 is 1.12 bits per heavy atom. The molecule has 1 N–H and O–H groups in total. The third-order valence-electron chi connectivity index (χ3n) is 2.86. The minimum Gasteiger partial charge on any atom is -0.495 e. The van der Waals surface area contributed by atoms with Gasteiger partial charge >= 0.3 is 5.97 Å². The summed E-state index contributed by atoms with van der Waals surface area (Å²) in [6, 6.07) is 6.13. The van der Waals surface area contributed by atoms with Crippen LogP contribution in [-0.4, -0.2) is 32.7 Å². The zero-order chi connectivity index (χ0) is 17.7. The predicted molar refractivity (Wildman–Crippen MR) is 92.8 cm³/mol. The molecule has 2 rings (SSSR count). The van der Waals surface area contributed by atoms with Gasteiger partial charge in [-0.1, -0.05) is 23.2 Å². The highest BCUT2D eigenvalue weighted by atomic mass is 35.5. The van der Waals surface area contributed by atoms with E-state index in [1.54, 1.807) is 6.07 Å². The second kappa shape index (κ2) is 8.23. The van der Waals surface area contributed by atoms with E-state index < -0.39 is 18.5 Å². The van der Waals surface area contributed by atoms with Crippen molar-refractivity contribution >= 4 is 52.1 Å². The first-order valence-electron chi connectivity index (χ1n) is 6.58. The number of amides is 1. The zero-order valence-corrected chi connectivity index (χ0v) is 15.1. The highest BCUT2D eigenvalue weighted by Gasteiger charge is 2.15. The lowest BCUT2D eigenvalue weighted by molar-refractivity contribution is -0.119. The van der Waals surface area contributed by atoms with E-state index in [1.165, 1.54) is 32.4 Å². The summed E-state index contributed by atoms with van der Waals surface area (Å²) in [5.74, 6) is -0.388. The zero-order valence-electron chi connectivity index (χ0n) is 12.7. The van der Waals surface area contributed by atoms with Crippen LogP contribution in [0.15, 0.2) is 24.3 Å². The Labute approximate surface area is 152 Å². The molecule has 1 aromatic carbocycles. The molecule has 9 heteroatoms. The number of benzene rings is 1. The van der Waals surface area contributed by atoms with Gasteiger partial charge in [0, 0.05) is 6.07 Å². The van der Waals surface area contributed by atoms with Crippen molar-refractivity contribution in [3.05, 3.63) is 38.5 Å². The standard InChI is InChI=1S/C15H13Cl2NO5S/c1-21-10-6-11(22-2)9(5-8(10)16)18-14(19)7-23-15(20)12-3-4-13(17)24-12/h3-6H,7H2,1-2H3,(H,18,19). The Kier molecular flexibility index (Phi) is 6.30. The van der Waals surface area contributed by atoms with E-state index in [1.807, 2.05) is 0 Å². The van der Waals surface area contributed by atoms with Gasteiger partial charge < -0.3 is 19.5 Å². The summed E-state index contributed by atoms with van der Waals surface area (Å²) in [5.41, 5.74) is 0.337. The van der Waals surface area contributed by atoms with Crippen LogP contribution in [0.25, 0.3) is 0 Å². The van der Waals surface area contributed by atoms with Crippen molar-refractivity contribution in [3.63, 3.8) is 0 Å². The molecule has 0 aliphatic rings. The number of carbonyl (C=O) groups is 2. The van der Waals surface area contributed by atoms with E-state index in [9.17, 15) is 9.59 Å². The van der Waals surface area contributed by atoms with Crippen molar-refractivity contribution in [1.29, 1.82) is 0 Å². The average Bonchev–Trinajstić information content (AvgIpc) is 2.99. The number of esters is 1. The molecule has 0 bridgehead atoms. The van der Waals surface area contributed by atoms with Crippen LogP contribution in [-0.2, 0) is 9.53 Å². The molecule has 1 amide bonds. The normalized spacial score (nSPS) is 10.2. The van der Waals surface area contributed by atoms with Crippen molar-refractivity contribution in [2.24, 2.45) is 0 Å². The maximum Gasteiger partial charge on any atom is 0.348 e. The molecule has 128 valence electrons. The number of hydrogen-bond donors (Lipinski definition) is 1. The molecule has 0 atom stereocenters. The SMILES string of the molecule is COc1cc(OC)c(NC(=O)COC(=O)c2ccc(Cl)s2)cc1Cl. The van der Waals surface area contributed by atoms with E-state index >= 15 is 0 Å². The van der Waals surface area contributed by atoms with Crippen LogP contribution in [0.5, 0.6) is 11.5 Å². The number of carbonyl (C=O) groups excluding carboxylic acids is 2. The molecule has 0 saturated carbocycles.